The van der Waals surface area contributed by atoms with Gasteiger partial charge in [-0.1, -0.05) is 20.8 Å². The zero-order chi connectivity index (χ0) is 18.4. The van der Waals surface area contributed by atoms with Crippen LogP contribution in [-0.4, -0.2) is 48.7 Å². The molecule has 148 valence electrons. The van der Waals surface area contributed by atoms with Crippen LogP contribution in [0.4, 0.5) is 4.79 Å². The van der Waals surface area contributed by atoms with Gasteiger partial charge in [-0.3, -0.25) is 4.99 Å². The van der Waals surface area contributed by atoms with E-state index in [1.54, 1.807) is 4.90 Å². The molecule has 1 fully saturated rings. The molecule has 0 saturated carbocycles. The minimum atomic E-state index is -0.446. The van der Waals surface area contributed by atoms with Gasteiger partial charge in [0.2, 0.25) is 0 Å². The van der Waals surface area contributed by atoms with E-state index < -0.39 is 5.60 Å². The molecule has 3 N–H and O–H groups in total. The number of likely N-dealkylation sites (tertiary alicyclic amines) is 1. The van der Waals surface area contributed by atoms with Gasteiger partial charge in [0.25, 0.3) is 0 Å². The second-order valence-corrected chi connectivity index (χ2v) is 8.59. The lowest BCUT2D eigenvalue weighted by molar-refractivity contribution is 0.0127. The highest BCUT2D eigenvalue weighted by molar-refractivity contribution is 14.0. The van der Waals surface area contributed by atoms with Crippen molar-refractivity contribution in [3.8, 4) is 0 Å². The molecule has 6 nitrogen and oxygen atoms in total. The van der Waals surface area contributed by atoms with Gasteiger partial charge in [0.05, 0.1) is 0 Å². The fourth-order valence-corrected chi connectivity index (χ4v) is 2.53. The molecule has 0 atom stereocenters. The highest BCUT2D eigenvalue weighted by atomic mass is 127. The van der Waals surface area contributed by atoms with Gasteiger partial charge in [0.1, 0.15) is 5.60 Å². The highest BCUT2D eigenvalue weighted by Gasteiger charge is 2.33. The van der Waals surface area contributed by atoms with Crippen molar-refractivity contribution in [3.05, 3.63) is 0 Å². The molecule has 0 spiro atoms. The molecule has 1 amide bonds. The number of amides is 1. The molecule has 0 aromatic carbocycles. The van der Waals surface area contributed by atoms with E-state index in [4.69, 9.17) is 10.5 Å². The van der Waals surface area contributed by atoms with Gasteiger partial charge in [-0.2, -0.15) is 0 Å². The minimum absolute atomic E-state index is 0. The van der Waals surface area contributed by atoms with Gasteiger partial charge in [0.15, 0.2) is 5.96 Å². The molecule has 1 aliphatic heterocycles. The van der Waals surface area contributed by atoms with Gasteiger partial charge < -0.3 is 20.7 Å². The first-order valence-corrected chi connectivity index (χ1v) is 9.02. The van der Waals surface area contributed by atoms with E-state index in [0.29, 0.717) is 31.5 Å². The maximum absolute atomic E-state index is 12.1. The summed E-state index contributed by atoms with van der Waals surface area (Å²) in [4.78, 5) is 18.4. The normalized spacial score (nSPS) is 17.9. The summed E-state index contributed by atoms with van der Waals surface area (Å²) in [7, 11) is 0. The lowest BCUT2D eigenvalue weighted by Crippen LogP contribution is -2.45. The quantitative estimate of drug-likeness (QED) is 0.367. The predicted octanol–water partition coefficient (Wildman–Crippen LogP) is 3.59. The van der Waals surface area contributed by atoms with Gasteiger partial charge in [-0.25, -0.2) is 4.79 Å². The fraction of sp³-hybridized carbons (Fsp3) is 0.889. The molecule has 0 bridgehead atoms. The molecule has 1 aliphatic rings. The van der Waals surface area contributed by atoms with Crippen LogP contribution in [-0.2, 0) is 4.74 Å². The predicted molar refractivity (Wildman–Crippen MR) is 115 cm³/mol. The number of ether oxygens (including phenoxy) is 1. The fourth-order valence-electron chi connectivity index (χ4n) is 2.53. The van der Waals surface area contributed by atoms with Crippen LogP contribution in [0, 0.1) is 11.3 Å². The van der Waals surface area contributed by atoms with Crippen LogP contribution in [0.1, 0.15) is 60.8 Å². The van der Waals surface area contributed by atoms with E-state index in [1.807, 2.05) is 20.8 Å². The zero-order valence-corrected chi connectivity index (χ0v) is 19.1. The molecular weight excluding hydrogens is 431 g/mol. The number of halogens is 1. The number of hydrogen-bond donors (Lipinski definition) is 2. The maximum atomic E-state index is 12.1. The molecule has 25 heavy (non-hydrogen) atoms. The van der Waals surface area contributed by atoms with E-state index in [-0.39, 0.29) is 35.5 Å². The molecule has 1 saturated heterocycles. The Bertz CT molecular complexity index is 439. The third-order valence-electron chi connectivity index (χ3n) is 4.28. The number of rotatable bonds is 5. The summed E-state index contributed by atoms with van der Waals surface area (Å²) in [6.07, 6.45) is 2.69. The number of piperidine rings is 1. The maximum Gasteiger partial charge on any atom is 0.410 e. The van der Waals surface area contributed by atoms with Crippen LogP contribution in [0.2, 0.25) is 0 Å². The van der Waals surface area contributed by atoms with E-state index in [2.05, 4.69) is 31.1 Å². The Kier molecular flexibility index (Phi) is 10.1. The Morgan fingerprint density at radius 1 is 1.32 bits per heavy atom. The van der Waals surface area contributed by atoms with Crippen molar-refractivity contribution in [2.75, 3.05) is 26.2 Å². The standard InChI is InChI=1S/C18H36N4O2.HI/c1-14(2)7-10-20-15(19)21-13-18(6)8-11-22(12-9-18)16(23)24-17(3,4)5;/h14H,7-13H2,1-6H3,(H3,19,20,21);1H. The molecule has 0 aromatic rings. The van der Waals surface area contributed by atoms with Crippen molar-refractivity contribution >= 4 is 36.0 Å². The molecule has 0 aromatic heterocycles. The molecule has 0 radical (unpaired) electrons. The number of guanidine groups is 1. The van der Waals surface area contributed by atoms with Gasteiger partial charge in [0, 0.05) is 26.2 Å². The lowest BCUT2D eigenvalue weighted by Gasteiger charge is -2.38. The Morgan fingerprint density at radius 2 is 1.88 bits per heavy atom. The average molecular weight is 468 g/mol. The first-order chi connectivity index (χ1) is 11.0. The third kappa shape index (κ3) is 10.1. The van der Waals surface area contributed by atoms with E-state index in [9.17, 15) is 4.79 Å². The number of nitrogens with zero attached hydrogens (tertiary/aromatic N) is 2. The van der Waals surface area contributed by atoms with Crippen LogP contribution in [0.25, 0.3) is 0 Å². The number of hydrogen-bond acceptors (Lipinski definition) is 3. The average Bonchev–Trinajstić information content (AvgIpc) is 2.44. The van der Waals surface area contributed by atoms with Crippen LogP contribution in [0.3, 0.4) is 0 Å². The molecule has 1 heterocycles. The van der Waals surface area contributed by atoms with Crippen molar-refractivity contribution in [3.63, 3.8) is 0 Å². The summed E-state index contributed by atoms with van der Waals surface area (Å²) in [5.41, 5.74) is 5.58. The number of carbonyl (C=O) groups excluding carboxylic acids is 1. The van der Waals surface area contributed by atoms with E-state index >= 15 is 0 Å². The van der Waals surface area contributed by atoms with Crippen molar-refractivity contribution in [1.82, 2.24) is 10.2 Å². The first-order valence-electron chi connectivity index (χ1n) is 9.02. The third-order valence-corrected chi connectivity index (χ3v) is 4.28. The zero-order valence-electron chi connectivity index (χ0n) is 16.7. The molecule has 7 heteroatoms. The summed E-state index contributed by atoms with van der Waals surface area (Å²) in [6.45, 7) is 15.2. The SMILES string of the molecule is CC(C)CCNC(N)=NCC1(C)CCN(C(=O)OC(C)(C)C)CC1.I. The second-order valence-electron chi connectivity index (χ2n) is 8.59. The molecule has 0 aliphatic carbocycles. The monoisotopic (exact) mass is 468 g/mol. The highest BCUT2D eigenvalue weighted by Crippen LogP contribution is 2.31. The summed E-state index contributed by atoms with van der Waals surface area (Å²) < 4.78 is 5.44. The van der Waals surface area contributed by atoms with Crippen LogP contribution < -0.4 is 11.1 Å². The Hall–Kier alpha value is -0.730. The summed E-state index contributed by atoms with van der Waals surface area (Å²) in [6, 6.07) is 0. The number of nitrogens with one attached hydrogen (secondary N) is 1. The van der Waals surface area contributed by atoms with Gasteiger partial charge >= 0.3 is 6.09 Å². The number of aliphatic imine (C=N–C) groups is 1. The van der Waals surface area contributed by atoms with E-state index in [0.717, 1.165) is 25.8 Å². The Morgan fingerprint density at radius 3 is 2.36 bits per heavy atom. The van der Waals surface area contributed by atoms with Crippen molar-refractivity contribution < 1.29 is 9.53 Å². The van der Waals surface area contributed by atoms with Crippen LogP contribution >= 0.6 is 24.0 Å². The van der Waals surface area contributed by atoms with Crippen molar-refractivity contribution in [2.24, 2.45) is 22.1 Å². The van der Waals surface area contributed by atoms with Crippen molar-refractivity contribution in [1.29, 1.82) is 0 Å². The van der Waals surface area contributed by atoms with Crippen molar-refractivity contribution in [2.45, 2.75) is 66.4 Å². The Balaban J connectivity index is 0.00000576. The number of carbonyl (C=O) groups is 1. The minimum Gasteiger partial charge on any atom is -0.444 e. The van der Waals surface area contributed by atoms with Crippen LogP contribution in [0.5, 0.6) is 0 Å². The smallest absolute Gasteiger partial charge is 0.410 e. The molecule has 1 rings (SSSR count). The van der Waals surface area contributed by atoms with E-state index in [1.165, 1.54) is 0 Å². The Labute approximate surface area is 170 Å². The number of nitrogens with two attached hydrogens (primary N) is 1. The van der Waals surface area contributed by atoms with Crippen LogP contribution in [0.15, 0.2) is 4.99 Å². The van der Waals surface area contributed by atoms with Gasteiger partial charge in [-0.05, 0) is 51.4 Å². The van der Waals surface area contributed by atoms with Gasteiger partial charge in [-0.15, -0.1) is 24.0 Å². The largest absolute Gasteiger partial charge is 0.444 e. The second kappa shape index (κ2) is 10.4. The summed E-state index contributed by atoms with van der Waals surface area (Å²) in [5, 5.41) is 3.17. The summed E-state index contributed by atoms with van der Waals surface area (Å²) >= 11 is 0. The molecule has 0 unspecified atom stereocenters. The summed E-state index contributed by atoms with van der Waals surface area (Å²) in [5.74, 6) is 1.17. The lowest BCUT2D eigenvalue weighted by atomic mass is 9.80. The molecular formula is C18H37IN4O2. The first kappa shape index (κ1) is 24.3. The topological polar surface area (TPSA) is 80.0 Å².